The normalized spacial score (nSPS) is 13.6. The molecule has 0 radical (unpaired) electrons. The molecule has 2 aromatic carbocycles. The van der Waals surface area contributed by atoms with Gasteiger partial charge in [-0.05, 0) is 30.2 Å². The van der Waals surface area contributed by atoms with Gasteiger partial charge in [0.15, 0.2) is 0 Å². The zero-order chi connectivity index (χ0) is 17.6. The summed E-state index contributed by atoms with van der Waals surface area (Å²) in [5, 5.41) is 21.2. The highest BCUT2D eigenvalue weighted by molar-refractivity contribution is 5.20. The molecule has 2 N–H and O–H groups in total. The third-order valence-electron chi connectivity index (χ3n) is 4.22. The summed E-state index contributed by atoms with van der Waals surface area (Å²) in [6, 6.07) is 16.0. The topological polar surface area (TPSA) is 63.0 Å². The first-order chi connectivity index (χ1) is 12.2. The Balaban J connectivity index is 1.64. The molecule has 130 valence electrons. The second kappa shape index (κ2) is 8.00. The maximum absolute atomic E-state index is 13.0. The highest BCUT2D eigenvalue weighted by Crippen LogP contribution is 2.18. The van der Waals surface area contributed by atoms with E-state index < -0.39 is 0 Å². The van der Waals surface area contributed by atoms with Gasteiger partial charge in [-0.1, -0.05) is 47.7 Å². The van der Waals surface area contributed by atoms with Crippen molar-refractivity contribution in [2.24, 2.45) is 0 Å². The van der Waals surface area contributed by atoms with Crippen molar-refractivity contribution in [3.8, 4) is 0 Å². The van der Waals surface area contributed by atoms with E-state index in [2.05, 4.69) is 15.6 Å². The minimum absolute atomic E-state index is 0.00410. The van der Waals surface area contributed by atoms with Gasteiger partial charge in [0.05, 0.1) is 30.6 Å². The van der Waals surface area contributed by atoms with Crippen LogP contribution in [0.25, 0.3) is 0 Å². The highest BCUT2D eigenvalue weighted by atomic mass is 19.1. The van der Waals surface area contributed by atoms with Gasteiger partial charge in [0.25, 0.3) is 0 Å². The molecule has 0 amide bonds. The lowest BCUT2D eigenvalue weighted by Crippen LogP contribution is -2.24. The second-order valence-corrected chi connectivity index (χ2v) is 5.94. The standard InChI is InChI=1S/C19H21FN4O/c1-14(15-7-9-17(20)10-8-15)24-12-18(22-23-24)11-21-19(13-25)16-5-3-2-4-6-16/h2-10,12,14,19,21,25H,11,13H2,1H3. The van der Waals surface area contributed by atoms with E-state index in [1.807, 2.05) is 43.5 Å². The van der Waals surface area contributed by atoms with Gasteiger partial charge in [-0.3, -0.25) is 0 Å². The Morgan fingerprint density at radius 1 is 1.08 bits per heavy atom. The summed E-state index contributed by atoms with van der Waals surface area (Å²) in [6.45, 7) is 2.49. The molecule has 2 unspecified atom stereocenters. The molecule has 6 heteroatoms. The van der Waals surface area contributed by atoms with E-state index in [1.54, 1.807) is 16.8 Å². The molecule has 0 bridgehead atoms. The van der Waals surface area contributed by atoms with Gasteiger partial charge in [0.2, 0.25) is 0 Å². The molecule has 0 fully saturated rings. The predicted molar refractivity (Wildman–Crippen MR) is 93.3 cm³/mol. The van der Waals surface area contributed by atoms with Crippen LogP contribution in [0.1, 0.15) is 35.8 Å². The molecule has 0 spiro atoms. The summed E-state index contributed by atoms with van der Waals surface area (Å²) in [4.78, 5) is 0. The number of hydrogen-bond acceptors (Lipinski definition) is 4. The summed E-state index contributed by atoms with van der Waals surface area (Å²) in [5.41, 5.74) is 2.77. The largest absolute Gasteiger partial charge is 0.394 e. The Bertz CT molecular complexity index is 789. The molecule has 0 aliphatic carbocycles. The summed E-state index contributed by atoms with van der Waals surface area (Å²) < 4.78 is 14.8. The first-order valence-corrected chi connectivity index (χ1v) is 8.22. The zero-order valence-corrected chi connectivity index (χ0v) is 14.0. The fourth-order valence-electron chi connectivity index (χ4n) is 2.68. The van der Waals surface area contributed by atoms with E-state index >= 15 is 0 Å². The molecule has 1 heterocycles. The quantitative estimate of drug-likeness (QED) is 0.694. The number of benzene rings is 2. The lowest BCUT2D eigenvalue weighted by molar-refractivity contribution is 0.243. The van der Waals surface area contributed by atoms with Crippen LogP contribution in [0.2, 0.25) is 0 Å². The third kappa shape index (κ3) is 4.29. The lowest BCUT2D eigenvalue weighted by atomic mass is 10.1. The van der Waals surface area contributed by atoms with Crippen LogP contribution in [0, 0.1) is 5.82 Å². The Labute approximate surface area is 146 Å². The van der Waals surface area contributed by atoms with Crippen LogP contribution < -0.4 is 5.32 Å². The molecule has 0 saturated carbocycles. The van der Waals surface area contributed by atoms with Gasteiger partial charge in [0, 0.05) is 6.54 Å². The number of nitrogens with one attached hydrogen (secondary N) is 1. The molecule has 0 saturated heterocycles. The van der Waals surface area contributed by atoms with Crippen LogP contribution in [0.3, 0.4) is 0 Å². The summed E-state index contributed by atoms with van der Waals surface area (Å²) >= 11 is 0. The average Bonchev–Trinajstić information content (AvgIpc) is 3.12. The van der Waals surface area contributed by atoms with E-state index in [0.717, 1.165) is 16.8 Å². The molecule has 0 aliphatic heterocycles. The molecule has 3 rings (SSSR count). The van der Waals surface area contributed by atoms with Crippen molar-refractivity contribution in [3.05, 3.63) is 83.4 Å². The molecule has 3 aromatic rings. The van der Waals surface area contributed by atoms with Crippen molar-refractivity contribution in [1.82, 2.24) is 20.3 Å². The van der Waals surface area contributed by atoms with Gasteiger partial charge >= 0.3 is 0 Å². The second-order valence-electron chi connectivity index (χ2n) is 5.94. The number of rotatable bonds is 7. The average molecular weight is 340 g/mol. The summed E-state index contributed by atoms with van der Waals surface area (Å²) in [7, 11) is 0. The van der Waals surface area contributed by atoms with Crippen LogP contribution >= 0.6 is 0 Å². The Kier molecular flexibility index (Phi) is 5.53. The van der Waals surface area contributed by atoms with Gasteiger partial charge < -0.3 is 10.4 Å². The minimum Gasteiger partial charge on any atom is -0.394 e. The number of hydrogen-bond donors (Lipinski definition) is 2. The van der Waals surface area contributed by atoms with Crippen molar-refractivity contribution in [2.45, 2.75) is 25.6 Å². The van der Waals surface area contributed by atoms with Gasteiger partial charge in [-0.25, -0.2) is 9.07 Å². The van der Waals surface area contributed by atoms with E-state index in [4.69, 9.17) is 0 Å². The van der Waals surface area contributed by atoms with Gasteiger partial charge in [-0.2, -0.15) is 0 Å². The van der Waals surface area contributed by atoms with Crippen LogP contribution in [0.5, 0.6) is 0 Å². The molecule has 5 nitrogen and oxygen atoms in total. The van der Waals surface area contributed by atoms with Crippen molar-refractivity contribution < 1.29 is 9.50 Å². The molecular formula is C19H21FN4O. The number of halogens is 1. The fourth-order valence-corrected chi connectivity index (χ4v) is 2.68. The Morgan fingerprint density at radius 2 is 1.80 bits per heavy atom. The van der Waals surface area contributed by atoms with Crippen molar-refractivity contribution in [1.29, 1.82) is 0 Å². The van der Waals surface area contributed by atoms with Crippen molar-refractivity contribution in [3.63, 3.8) is 0 Å². The Hall–Kier alpha value is -2.57. The van der Waals surface area contributed by atoms with Crippen LogP contribution in [-0.4, -0.2) is 26.7 Å². The maximum Gasteiger partial charge on any atom is 0.123 e. The van der Waals surface area contributed by atoms with Crippen LogP contribution in [0.15, 0.2) is 60.8 Å². The Morgan fingerprint density at radius 3 is 2.48 bits per heavy atom. The van der Waals surface area contributed by atoms with E-state index in [0.29, 0.717) is 6.54 Å². The van der Waals surface area contributed by atoms with E-state index in [-0.39, 0.29) is 24.5 Å². The summed E-state index contributed by atoms with van der Waals surface area (Å²) in [6.07, 6.45) is 1.86. The first-order valence-electron chi connectivity index (χ1n) is 8.22. The molecule has 25 heavy (non-hydrogen) atoms. The van der Waals surface area contributed by atoms with E-state index in [1.165, 1.54) is 12.1 Å². The third-order valence-corrected chi connectivity index (χ3v) is 4.22. The SMILES string of the molecule is CC(c1ccc(F)cc1)n1cc(CNC(CO)c2ccccc2)nn1. The monoisotopic (exact) mass is 340 g/mol. The van der Waals surface area contributed by atoms with E-state index in [9.17, 15) is 9.50 Å². The molecule has 0 aliphatic rings. The first kappa shape index (κ1) is 17.3. The fraction of sp³-hybridized carbons (Fsp3) is 0.263. The minimum atomic E-state index is -0.254. The molecule has 1 aromatic heterocycles. The van der Waals surface area contributed by atoms with Crippen LogP contribution in [0.4, 0.5) is 4.39 Å². The molecule has 2 atom stereocenters. The highest BCUT2D eigenvalue weighted by Gasteiger charge is 2.13. The zero-order valence-electron chi connectivity index (χ0n) is 14.0. The number of aromatic nitrogens is 3. The van der Waals surface area contributed by atoms with Crippen molar-refractivity contribution in [2.75, 3.05) is 6.61 Å². The van der Waals surface area contributed by atoms with Gasteiger partial charge in [0.1, 0.15) is 5.82 Å². The molecular weight excluding hydrogens is 319 g/mol. The lowest BCUT2D eigenvalue weighted by Gasteiger charge is -2.15. The smallest absolute Gasteiger partial charge is 0.123 e. The van der Waals surface area contributed by atoms with Gasteiger partial charge in [-0.15, -0.1) is 5.10 Å². The number of aliphatic hydroxyl groups is 1. The van der Waals surface area contributed by atoms with Crippen molar-refractivity contribution >= 4 is 0 Å². The predicted octanol–water partition coefficient (Wildman–Crippen LogP) is 2.85. The summed E-state index contributed by atoms with van der Waals surface area (Å²) in [5.74, 6) is -0.254. The maximum atomic E-state index is 13.0. The number of aliphatic hydroxyl groups excluding tert-OH is 1. The van der Waals surface area contributed by atoms with Crippen LogP contribution in [-0.2, 0) is 6.54 Å². The number of nitrogens with zero attached hydrogens (tertiary/aromatic N) is 3.